The molecule has 0 aromatic heterocycles. The van der Waals surface area contributed by atoms with Crippen LogP contribution in [0.3, 0.4) is 0 Å². The summed E-state index contributed by atoms with van der Waals surface area (Å²) in [5.41, 5.74) is 8.02. The second-order valence-corrected chi connectivity index (χ2v) is 9.29. The predicted octanol–water partition coefficient (Wildman–Crippen LogP) is 4.18. The van der Waals surface area contributed by atoms with Gasteiger partial charge in [0, 0.05) is 24.7 Å². The standard InChI is InChI=1S/C18H26N2OS2.ClH/c1-13-7-8-20(16(11-13)12-19)17(21)14-3-5-15(6-4-14)18-22-9-2-10-23-18;/h3-6,13,16,18H,2,7-12,19H2,1H3;1H. The zero-order valence-electron chi connectivity index (χ0n) is 14.1. The van der Waals surface area contributed by atoms with Crippen LogP contribution in [0.5, 0.6) is 0 Å². The molecular formula is C18H27ClN2OS2. The topological polar surface area (TPSA) is 46.3 Å². The maximum atomic E-state index is 12.8. The average molecular weight is 387 g/mol. The number of piperidine rings is 1. The quantitative estimate of drug-likeness (QED) is 0.846. The fourth-order valence-corrected chi connectivity index (χ4v) is 6.27. The van der Waals surface area contributed by atoms with Crippen molar-refractivity contribution < 1.29 is 4.79 Å². The Hall–Kier alpha value is -0.360. The van der Waals surface area contributed by atoms with Crippen molar-refractivity contribution in [2.75, 3.05) is 24.6 Å². The molecule has 24 heavy (non-hydrogen) atoms. The number of amides is 1. The highest BCUT2D eigenvalue weighted by Crippen LogP contribution is 2.43. The predicted molar refractivity (Wildman–Crippen MR) is 108 cm³/mol. The third-order valence-electron chi connectivity index (χ3n) is 4.77. The molecule has 1 aromatic rings. The van der Waals surface area contributed by atoms with Crippen LogP contribution in [0, 0.1) is 5.92 Å². The van der Waals surface area contributed by atoms with Gasteiger partial charge in [-0.3, -0.25) is 4.79 Å². The van der Waals surface area contributed by atoms with Gasteiger partial charge < -0.3 is 10.6 Å². The van der Waals surface area contributed by atoms with Gasteiger partial charge in [0.2, 0.25) is 0 Å². The monoisotopic (exact) mass is 386 g/mol. The fraction of sp³-hybridized carbons (Fsp3) is 0.611. The van der Waals surface area contributed by atoms with Gasteiger partial charge >= 0.3 is 0 Å². The number of rotatable bonds is 3. The van der Waals surface area contributed by atoms with Crippen LogP contribution in [0.2, 0.25) is 0 Å². The summed E-state index contributed by atoms with van der Waals surface area (Å²) in [6, 6.07) is 8.45. The molecular weight excluding hydrogens is 360 g/mol. The van der Waals surface area contributed by atoms with Crippen LogP contribution in [-0.2, 0) is 0 Å². The van der Waals surface area contributed by atoms with Crippen molar-refractivity contribution >= 4 is 41.8 Å². The Morgan fingerprint density at radius 3 is 2.54 bits per heavy atom. The summed E-state index contributed by atoms with van der Waals surface area (Å²) < 4.78 is 0.528. The van der Waals surface area contributed by atoms with Gasteiger partial charge in [-0.1, -0.05) is 19.1 Å². The minimum atomic E-state index is 0. The van der Waals surface area contributed by atoms with Gasteiger partial charge in [-0.2, -0.15) is 0 Å². The van der Waals surface area contributed by atoms with Crippen LogP contribution in [0.25, 0.3) is 0 Å². The number of hydrogen-bond donors (Lipinski definition) is 1. The third-order valence-corrected chi connectivity index (χ3v) is 7.78. The zero-order valence-corrected chi connectivity index (χ0v) is 16.6. The number of halogens is 1. The van der Waals surface area contributed by atoms with Gasteiger partial charge in [0.15, 0.2) is 0 Å². The van der Waals surface area contributed by atoms with E-state index in [2.05, 4.69) is 19.1 Å². The number of thioether (sulfide) groups is 2. The van der Waals surface area contributed by atoms with Gasteiger partial charge in [-0.05, 0) is 54.4 Å². The molecule has 2 saturated heterocycles. The Kier molecular flexibility index (Phi) is 7.79. The Bertz CT molecular complexity index is 534. The molecule has 134 valence electrons. The van der Waals surface area contributed by atoms with Crippen LogP contribution in [0.15, 0.2) is 24.3 Å². The summed E-state index contributed by atoms with van der Waals surface area (Å²) in [4.78, 5) is 14.8. The van der Waals surface area contributed by atoms with Gasteiger partial charge in [0.1, 0.15) is 0 Å². The number of benzene rings is 1. The summed E-state index contributed by atoms with van der Waals surface area (Å²) in [6.07, 6.45) is 3.40. The third kappa shape index (κ3) is 4.63. The molecule has 2 aliphatic heterocycles. The summed E-state index contributed by atoms with van der Waals surface area (Å²) >= 11 is 4.03. The Morgan fingerprint density at radius 1 is 1.25 bits per heavy atom. The molecule has 2 aliphatic rings. The SMILES string of the molecule is CC1CCN(C(=O)c2ccc(C3SCCCS3)cc2)C(CN)C1.Cl. The van der Waals surface area contributed by atoms with Crippen LogP contribution in [0.4, 0.5) is 0 Å². The van der Waals surface area contributed by atoms with E-state index < -0.39 is 0 Å². The second-order valence-electron chi connectivity index (χ2n) is 6.57. The molecule has 0 saturated carbocycles. The largest absolute Gasteiger partial charge is 0.334 e. The number of carbonyl (C=O) groups is 1. The molecule has 1 amide bonds. The lowest BCUT2D eigenvalue weighted by Crippen LogP contribution is -2.49. The lowest BCUT2D eigenvalue weighted by atomic mass is 9.92. The van der Waals surface area contributed by atoms with E-state index in [0.29, 0.717) is 17.0 Å². The van der Waals surface area contributed by atoms with Crippen molar-refractivity contribution in [3.63, 3.8) is 0 Å². The smallest absolute Gasteiger partial charge is 0.254 e. The van der Waals surface area contributed by atoms with Gasteiger partial charge in [-0.15, -0.1) is 35.9 Å². The fourth-order valence-electron chi connectivity index (χ4n) is 3.37. The van der Waals surface area contributed by atoms with E-state index >= 15 is 0 Å². The van der Waals surface area contributed by atoms with Crippen molar-refractivity contribution in [1.29, 1.82) is 0 Å². The normalized spacial score (nSPS) is 25.2. The van der Waals surface area contributed by atoms with Crippen molar-refractivity contribution in [1.82, 2.24) is 4.90 Å². The molecule has 2 fully saturated rings. The first-order chi connectivity index (χ1) is 11.2. The van der Waals surface area contributed by atoms with E-state index in [-0.39, 0.29) is 24.4 Å². The van der Waals surface area contributed by atoms with E-state index in [9.17, 15) is 4.79 Å². The molecule has 3 rings (SSSR count). The minimum absolute atomic E-state index is 0. The van der Waals surface area contributed by atoms with E-state index in [1.54, 1.807) is 0 Å². The lowest BCUT2D eigenvalue weighted by Gasteiger charge is -2.38. The summed E-state index contributed by atoms with van der Waals surface area (Å²) in [5.74, 6) is 3.28. The highest BCUT2D eigenvalue weighted by molar-refractivity contribution is 8.16. The first kappa shape index (κ1) is 20.0. The van der Waals surface area contributed by atoms with Gasteiger partial charge in [0.05, 0.1) is 4.58 Å². The number of likely N-dealkylation sites (tertiary alicyclic amines) is 1. The molecule has 0 bridgehead atoms. The van der Waals surface area contributed by atoms with Crippen molar-refractivity contribution in [2.24, 2.45) is 11.7 Å². The van der Waals surface area contributed by atoms with Crippen LogP contribution in [0.1, 0.15) is 46.7 Å². The molecule has 0 aliphatic carbocycles. The molecule has 0 radical (unpaired) electrons. The zero-order chi connectivity index (χ0) is 16.2. The maximum Gasteiger partial charge on any atom is 0.254 e. The lowest BCUT2D eigenvalue weighted by molar-refractivity contribution is 0.0573. The van der Waals surface area contributed by atoms with E-state index in [1.807, 2.05) is 40.6 Å². The Balaban J connectivity index is 0.00000208. The van der Waals surface area contributed by atoms with Crippen molar-refractivity contribution in [3.05, 3.63) is 35.4 Å². The number of nitrogens with two attached hydrogens (primary N) is 1. The summed E-state index contributed by atoms with van der Waals surface area (Å²) in [5, 5.41) is 0. The van der Waals surface area contributed by atoms with E-state index in [4.69, 9.17) is 5.73 Å². The Morgan fingerprint density at radius 2 is 1.92 bits per heavy atom. The molecule has 2 unspecified atom stereocenters. The first-order valence-corrected chi connectivity index (χ1v) is 10.6. The molecule has 0 spiro atoms. The number of carbonyl (C=O) groups excluding carboxylic acids is 1. The van der Waals surface area contributed by atoms with Crippen LogP contribution in [-0.4, -0.2) is 41.4 Å². The van der Waals surface area contributed by atoms with Crippen molar-refractivity contribution in [2.45, 2.75) is 36.8 Å². The van der Waals surface area contributed by atoms with Gasteiger partial charge in [-0.25, -0.2) is 0 Å². The number of hydrogen-bond acceptors (Lipinski definition) is 4. The molecule has 2 atom stereocenters. The average Bonchev–Trinajstić information content (AvgIpc) is 2.62. The summed E-state index contributed by atoms with van der Waals surface area (Å²) in [7, 11) is 0. The molecule has 2 N–H and O–H groups in total. The van der Waals surface area contributed by atoms with E-state index in [0.717, 1.165) is 24.9 Å². The molecule has 1 aromatic carbocycles. The Labute approximate surface area is 159 Å². The van der Waals surface area contributed by atoms with Gasteiger partial charge in [0.25, 0.3) is 5.91 Å². The molecule has 3 nitrogen and oxygen atoms in total. The molecule has 6 heteroatoms. The second kappa shape index (κ2) is 9.37. The first-order valence-electron chi connectivity index (χ1n) is 8.53. The minimum Gasteiger partial charge on any atom is -0.334 e. The summed E-state index contributed by atoms with van der Waals surface area (Å²) in [6.45, 7) is 3.64. The van der Waals surface area contributed by atoms with E-state index in [1.165, 1.54) is 23.5 Å². The van der Waals surface area contributed by atoms with Crippen LogP contribution >= 0.6 is 35.9 Å². The highest BCUT2D eigenvalue weighted by Gasteiger charge is 2.29. The maximum absolute atomic E-state index is 12.8. The number of nitrogens with zero attached hydrogens (tertiary/aromatic N) is 1. The molecule has 2 heterocycles. The van der Waals surface area contributed by atoms with Crippen molar-refractivity contribution in [3.8, 4) is 0 Å². The highest BCUT2D eigenvalue weighted by atomic mass is 35.5. The van der Waals surface area contributed by atoms with Crippen LogP contribution < -0.4 is 5.73 Å².